The van der Waals surface area contributed by atoms with Crippen molar-refractivity contribution in [2.45, 2.75) is 13.2 Å². The van der Waals surface area contributed by atoms with Crippen LogP contribution in [0.3, 0.4) is 0 Å². The molecule has 1 aliphatic rings. The number of amides is 1. The number of nitro groups is 1. The molecule has 222 valence electrons. The molecule has 0 atom stereocenters. The summed E-state index contributed by atoms with van der Waals surface area (Å²) >= 11 is 4.81. The molecular formula is C32H24BrN3O7S. The van der Waals surface area contributed by atoms with Gasteiger partial charge in [-0.2, -0.15) is 0 Å². The molecule has 4 aromatic carbocycles. The average Bonchev–Trinajstić information content (AvgIpc) is 3.30. The first-order valence-corrected chi connectivity index (χ1v) is 14.7. The van der Waals surface area contributed by atoms with Crippen LogP contribution in [-0.2, 0) is 17.9 Å². The van der Waals surface area contributed by atoms with Crippen LogP contribution in [0.15, 0.2) is 105 Å². The smallest absolute Gasteiger partial charge is 0.335 e. The van der Waals surface area contributed by atoms with Gasteiger partial charge >= 0.3 is 5.97 Å². The zero-order chi connectivity index (χ0) is 31.2. The Morgan fingerprint density at radius 1 is 1.02 bits per heavy atom. The van der Waals surface area contributed by atoms with Gasteiger partial charge in [-0.15, -0.1) is 0 Å². The quantitative estimate of drug-likeness (QED) is 0.104. The summed E-state index contributed by atoms with van der Waals surface area (Å²) in [7, 11) is 1.51. The van der Waals surface area contributed by atoms with E-state index < -0.39 is 10.9 Å². The van der Waals surface area contributed by atoms with Gasteiger partial charge in [0.25, 0.3) is 11.6 Å². The number of rotatable bonds is 10. The second-order valence-corrected chi connectivity index (χ2v) is 11.3. The van der Waals surface area contributed by atoms with Crippen LogP contribution < -0.4 is 9.47 Å². The van der Waals surface area contributed by atoms with Crippen molar-refractivity contribution in [1.82, 2.24) is 4.90 Å². The number of non-ortho nitro benzene ring substituents is 1. The number of halogens is 1. The molecule has 12 heteroatoms. The van der Waals surface area contributed by atoms with E-state index in [-0.39, 0.29) is 30.3 Å². The van der Waals surface area contributed by atoms with Gasteiger partial charge in [0.15, 0.2) is 16.7 Å². The van der Waals surface area contributed by atoms with Crippen LogP contribution in [0.1, 0.15) is 27.0 Å². The molecule has 10 nitrogen and oxygen atoms in total. The molecule has 0 aromatic heterocycles. The average molecular weight is 675 g/mol. The first-order chi connectivity index (χ1) is 21.2. The maximum absolute atomic E-state index is 13.7. The van der Waals surface area contributed by atoms with Gasteiger partial charge in [0.1, 0.15) is 6.61 Å². The van der Waals surface area contributed by atoms with E-state index in [0.717, 1.165) is 11.1 Å². The van der Waals surface area contributed by atoms with Crippen molar-refractivity contribution in [3.05, 3.63) is 133 Å². The highest BCUT2D eigenvalue weighted by atomic mass is 79.9. The number of carboxylic acids is 1. The van der Waals surface area contributed by atoms with Gasteiger partial charge in [0.05, 0.1) is 34.7 Å². The fourth-order valence-electron chi connectivity index (χ4n) is 4.23. The topological polar surface area (TPSA) is 132 Å². The highest BCUT2D eigenvalue weighted by Crippen LogP contribution is 2.39. The van der Waals surface area contributed by atoms with Crippen LogP contribution >= 0.6 is 27.7 Å². The van der Waals surface area contributed by atoms with E-state index in [2.05, 4.69) is 15.9 Å². The maximum Gasteiger partial charge on any atom is 0.335 e. The molecule has 0 unspecified atom stereocenters. The molecule has 1 saturated heterocycles. The predicted octanol–water partition coefficient (Wildman–Crippen LogP) is 7.45. The van der Waals surface area contributed by atoms with E-state index >= 15 is 0 Å². The molecule has 0 radical (unpaired) electrons. The van der Waals surface area contributed by atoms with Gasteiger partial charge in [-0.3, -0.25) is 19.8 Å². The largest absolute Gasteiger partial charge is 0.493 e. The van der Waals surface area contributed by atoms with E-state index in [1.807, 2.05) is 30.3 Å². The minimum Gasteiger partial charge on any atom is -0.493 e. The summed E-state index contributed by atoms with van der Waals surface area (Å²) in [5.74, 6) is -0.393. The Balaban J connectivity index is 1.41. The number of amidine groups is 1. The Morgan fingerprint density at radius 2 is 1.70 bits per heavy atom. The molecule has 5 rings (SSSR count). The van der Waals surface area contributed by atoms with E-state index in [1.54, 1.807) is 47.4 Å². The normalized spacial score (nSPS) is 14.7. The summed E-state index contributed by atoms with van der Waals surface area (Å²) in [6.45, 7) is 0.367. The molecular weight excluding hydrogens is 650 g/mol. The Morgan fingerprint density at radius 3 is 2.34 bits per heavy atom. The number of hydrogen-bond acceptors (Lipinski definition) is 8. The number of thioether (sulfide) groups is 1. The summed E-state index contributed by atoms with van der Waals surface area (Å²) in [6.07, 6.45) is 1.74. The highest BCUT2D eigenvalue weighted by molar-refractivity contribution is 9.10. The first-order valence-electron chi connectivity index (χ1n) is 13.1. The molecule has 0 aliphatic carbocycles. The summed E-state index contributed by atoms with van der Waals surface area (Å²) in [4.78, 5) is 42.1. The van der Waals surface area contributed by atoms with Crippen molar-refractivity contribution in [1.29, 1.82) is 0 Å². The van der Waals surface area contributed by atoms with Crippen LogP contribution in [0, 0.1) is 10.1 Å². The number of nitro benzene ring substituents is 1. The SMILES string of the molecule is COc1cc(/C=C2\SC(=Nc3ccccc3)N(Cc3ccc(C(=O)O)cc3)C2=O)c(Br)cc1OCc1ccc([N+](=O)[O-])cc1. The zero-order valence-corrected chi connectivity index (χ0v) is 25.6. The molecule has 0 saturated carbocycles. The molecule has 1 heterocycles. The molecule has 4 aromatic rings. The Labute approximate surface area is 264 Å². The standard InChI is InChI=1S/C32H24BrN3O7S/c1-42-27-15-23(26(33)17-28(27)43-19-21-9-13-25(14-10-21)36(40)41)16-29-30(37)35(18-20-7-11-22(12-8-20)31(38)39)32(44-29)34-24-5-3-2-4-6-24/h2-17H,18-19H2,1H3,(H,38,39)/b29-16-,34-32?. The fraction of sp³-hybridized carbons (Fsp3) is 0.0938. The number of hydrogen-bond donors (Lipinski definition) is 1. The van der Waals surface area contributed by atoms with E-state index in [0.29, 0.717) is 37.3 Å². The molecule has 44 heavy (non-hydrogen) atoms. The monoisotopic (exact) mass is 673 g/mol. The Bertz CT molecular complexity index is 1780. The molecule has 1 aliphatic heterocycles. The Kier molecular flexibility index (Phi) is 9.41. The van der Waals surface area contributed by atoms with Crippen LogP contribution in [0.2, 0.25) is 0 Å². The van der Waals surface area contributed by atoms with Gasteiger partial charge in [0.2, 0.25) is 0 Å². The van der Waals surface area contributed by atoms with E-state index in [1.165, 1.54) is 43.1 Å². The summed E-state index contributed by atoms with van der Waals surface area (Å²) in [6, 6.07) is 25.2. The van der Waals surface area contributed by atoms with Gasteiger partial charge in [0, 0.05) is 16.6 Å². The first kappa shape index (κ1) is 30.5. The predicted molar refractivity (Wildman–Crippen MR) is 171 cm³/mol. The Hall–Kier alpha value is -4.94. The lowest BCUT2D eigenvalue weighted by Gasteiger charge is -2.16. The second kappa shape index (κ2) is 13.6. The number of nitrogens with zero attached hydrogens (tertiary/aromatic N) is 3. The maximum atomic E-state index is 13.7. The number of carboxylic acid groups (broad SMARTS) is 1. The van der Waals surface area contributed by atoms with Crippen molar-refractivity contribution in [2.24, 2.45) is 4.99 Å². The van der Waals surface area contributed by atoms with Crippen molar-refractivity contribution >= 4 is 62.2 Å². The molecule has 1 amide bonds. The van der Waals surface area contributed by atoms with Crippen LogP contribution in [0.4, 0.5) is 11.4 Å². The number of methoxy groups -OCH3 is 1. The van der Waals surface area contributed by atoms with Gasteiger partial charge in [-0.1, -0.05) is 46.3 Å². The lowest BCUT2D eigenvalue weighted by Crippen LogP contribution is -2.28. The molecule has 1 fully saturated rings. The minimum absolute atomic E-state index is 0.00239. The summed E-state index contributed by atoms with van der Waals surface area (Å²) in [5.41, 5.74) is 3.02. The van der Waals surface area contributed by atoms with Crippen LogP contribution in [0.25, 0.3) is 6.08 Å². The van der Waals surface area contributed by atoms with Gasteiger partial charge < -0.3 is 14.6 Å². The van der Waals surface area contributed by atoms with Gasteiger partial charge in [-0.05, 0) is 83.1 Å². The van der Waals surface area contributed by atoms with Crippen LogP contribution in [-0.4, -0.2) is 39.1 Å². The van der Waals surface area contributed by atoms with E-state index in [4.69, 9.17) is 14.5 Å². The van der Waals surface area contributed by atoms with Crippen LogP contribution in [0.5, 0.6) is 11.5 Å². The number of ether oxygens (including phenoxy) is 2. The number of benzene rings is 4. The van der Waals surface area contributed by atoms with E-state index in [9.17, 15) is 24.8 Å². The number of carbonyl (C=O) groups is 2. The van der Waals surface area contributed by atoms with Gasteiger partial charge in [-0.25, -0.2) is 9.79 Å². The summed E-state index contributed by atoms with van der Waals surface area (Å²) in [5, 5.41) is 20.6. The lowest BCUT2D eigenvalue weighted by molar-refractivity contribution is -0.384. The number of aliphatic imine (C=N–C) groups is 1. The summed E-state index contributed by atoms with van der Waals surface area (Å²) < 4.78 is 12.2. The third-order valence-electron chi connectivity index (χ3n) is 6.52. The van der Waals surface area contributed by atoms with Crippen molar-refractivity contribution < 1.29 is 29.1 Å². The molecule has 0 spiro atoms. The van der Waals surface area contributed by atoms with Crippen molar-refractivity contribution in [3.8, 4) is 11.5 Å². The van der Waals surface area contributed by atoms with Crippen molar-refractivity contribution in [3.63, 3.8) is 0 Å². The number of carbonyl (C=O) groups excluding carboxylic acids is 1. The minimum atomic E-state index is -1.02. The number of aromatic carboxylic acids is 1. The number of para-hydroxylation sites is 1. The fourth-order valence-corrected chi connectivity index (χ4v) is 5.65. The highest BCUT2D eigenvalue weighted by Gasteiger charge is 2.34. The lowest BCUT2D eigenvalue weighted by atomic mass is 10.1. The van der Waals surface area contributed by atoms with Crippen molar-refractivity contribution in [2.75, 3.05) is 7.11 Å². The third kappa shape index (κ3) is 7.16. The molecule has 0 bridgehead atoms. The molecule has 1 N–H and O–H groups in total. The third-order valence-corrected chi connectivity index (χ3v) is 8.22. The zero-order valence-electron chi connectivity index (χ0n) is 23.2. The second-order valence-electron chi connectivity index (χ2n) is 9.47.